The second kappa shape index (κ2) is 6.75. The maximum Gasteiger partial charge on any atom is 0.255 e. The lowest BCUT2D eigenvalue weighted by atomic mass is 10.1. The molecular weight excluding hydrogens is 314 g/mol. The molecule has 1 saturated carbocycles. The Morgan fingerprint density at radius 1 is 1.35 bits per heavy atom. The zero-order chi connectivity index (χ0) is 14.7. The highest BCUT2D eigenvalue weighted by atomic mass is 79.9. The van der Waals surface area contributed by atoms with Gasteiger partial charge in [0.2, 0.25) is 0 Å². The summed E-state index contributed by atoms with van der Waals surface area (Å²) in [5.41, 5.74) is 1.94. The Balaban J connectivity index is 2.27. The second-order valence-corrected chi connectivity index (χ2v) is 7.13. The molecule has 0 heterocycles. The molecule has 0 saturated heterocycles. The Kier molecular flexibility index (Phi) is 5.25. The Morgan fingerprint density at radius 3 is 2.60 bits per heavy atom. The molecule has 1 fully saturated rings. The molecule has 20 heavy (non-hydrogen) atoms. The van der Waals surface area contributed by atoms with Crippen LogP contribution in [-0.2, 0) is 0 Å². The van der Waals surface area contributed by atoms with E-state index in [1.54, 1.807) is 0 Å². The normalized spacial score (nSPS) is 15.8. The van der Waals surface area contributed by atoms with Gasteiger partial charge in [-0.3, -0.25) is 4.79 Å². The third kappa shape index (κ3) is 3.63. The van der Waals surface area contributed by atoms with Crippen molar-refractivity contribution < 1.29 is 4.79 Å². The van der Waals surface area contributed by atoms with Crippen LogP contribution in [0.4, 0.5) is 0 Å². The molecule has 2 rings (SSSR count). The van der Waals surface area contributed by atoms with Crippen LogP contribution in [0, 0.1) is 12.8 Å². The first kappa shape index (κ1) is 15.6. The monoisotopic (exact) mass is 337 g/mol. The summed E-state index contributed by atoms with van der Waals surface area (Å²) in [4.78, 5) is 15.0. The van der Waals surface area contributed by atoms with Gasteiger partial charge in [0, 0.05) is 17.1 Å². The first-order chi connectivity index (χ1) is 9.49. The molecule has 1 aliphatic carbocycles. The number of halogens is 1. The van der Waals surface area contributed by atoms with Crippen molar-refractivity contribution in [3.05, 3.63) is 33.8 Å². The fourth-order valence-corrected chi connectivity index (χ4v) is 3.38. The number of amides is 1. The third-order valence-electron chi connectivity index (χ3n) is 3.94. The number of hydrogen-bond acceptors (Lipinski definition) is 1. The van der Waals surface area contributed by atoms with Gasteiger partial charge in [0.1, 0.15) is 0 Å². The fraction of sp³-hybridized carbons (Fsp3) is 0.588. The van der Waals surface area contributed by atoms with Gasteiger partial charge in [0.25, 0.3) is 5.91 Å². The fourth-order valence-electron chi connectivity index (χ4n) is 2.96. The number of benzene rings is 1. The maximum atomic E-state index is 12.9. The highest BCUT2D eigenvalue weighted by molar-refractivity contribution is 9.10. The van der Waals surface area contributed by atoms with E-state index in [9.17, 15) is 4.79 Å². The number of aryl methyl sites for hydroxylation is 1. The van der Waals surface area contributed by atoms with Crippen LogP contribution in [0.5, 0.6) is 0 Å². The van der Waals surface area contributed by atoms with Crippen LogP contribution in [0.15, 0.2) is 22.7 Å². The number of carbonyl (C=O) groups excluding carboxylic acids is 1. The summed E-state index contributed by atoms with van der Waals surface area (Å²) in [6.07, 6.45) is 4.81. The number of carbonyl (C=O) groups is 1. The molecule has 1 aromatic carbocycles. The van der Waals surface area contributed by atoms with E-state index in [2.05, 4.69) is 34.7 Å². The largest absolute Gasteiger partial charge is 0.335 e. The molecule has 1 aromatic rings. The van der Waals surface area contributed by atoms with Gasteiger partial charge in [-0.05, 0) is 53.7 Å². The summed E-state index contributed by atoms with van der Waals surface area (Å²) in [5, 5.41) is 0. The zero-order valence-corrected chi connectivity index (χ0v) is 14.2. The lowest BCUT2D eigenvalue weighted by Gasteiger charge is -2.31. The maximum absolute atomic E-state index is 12.9. The van der Waals surface area contributed by atoms with Crippen LogP contribution in [-0.4, -0.2) is 23.4 Å². The molecule has 1 aliphatic rings. The van der Waals surface area contributed by atoms with Gasteiger partial charge >= 0.3 is 0 Å². The van der Waals surface area contributed by atoms with Crippen molar-refractivity contribution in [3.8, 4) is 0 Å². The van der Waals surface area contributed by atoms with Crippen LogP contribution in [0.25, 0.3) is 0 Å². The predicted octanol–water partition coefficient (Wildman–Crippen LogP) is 4.80. The van der Waals surface area contributed by atoms with Gasteiger partial charge in [-0.2, -0.15) is 0 Å². The van der Waals surface area contributed by atoms with Gasteiger partial charge in [-0.25, -0.2) is 0 Å². The molecule has 3 heteroatoms. The van der Waals surface area contributed by atoms with E-state index >= 15 is 0 Å². The summed E-state index contributed by atoms with van der Waals surface area (Å²) in [6.45, 7) is 7.25. The standard InChI is InChI=1S/C17H24BrNO/c1-12(2)11-19(14-6-4-5-7-14)17(20)15-10-13(3)8-9-16(15)18/h8-10,12,14H,4-7,11H2,1-3H3. The van der Waals surface area contributed by atoms with Crippen LogP contribution in [0.2, 0.25) is 0 Å². The van der Waals surface area contributed by atoms with E-state index in [1.807, 2.05) is 25.1 Å². The lowest BCUT2D eigenvalue weighted by Crippen LogP contribution is -2.41. The van der Waals surface area contributed by atoms with Gasteiger partial charge in [0.05, 0.1) is 5.56 Å². The molecule has 0 aliphatic heterocycles. The molecule has 0 spiro atoms. The first-order valence-corrected chi connectivity index (χ1v) is 8.35. The molecule has 0 unspecified atom stereocenters. The molecule has 0 radical (unpaired) electrons. The summed E-state index contributed by atoms with van der Waals surface area (Å²) in [5.74, 6) is 0.685. The second-order valence-electron chi connectivity index (χ2n) is 6.27. The Bertz CT molecular complexity index is 478. The minimum atomic E-state index is 0.182. The Morgan fingerprint density at radius 2 is 2.00 bits per heavy atom. The summed E-state index contributed by atoms with van der Waals surface area (Å²) in [6, 6.07) is 6.43. The molecule has 110 valence electrons. The number of nitrogens with zero attached hydrogens (tertiary/aromatic N) is 1. The topological polar surface area (TPSA) is 20.3 Å². The van der Waals surface area contributed by atoms with Gasteiger partial charge < -0.3 is 4.90 Å². The molecule has 0 atom stereocenters. The van der Waals surface area contributed by atoms with Gasteiger partial charge in [-0.1, -0.05) is 38.3 Å². The summed E-state index contributed by atoms with van der Waals surface area (Å²) >= 11 is 3.53. The number of rotatable bonds is 4. The predicted molar refractivity (Wildman–Crippen MR) is 87.0 cm³/mol. The highest BCUT2D eigenvalue weighted by Crippen LogP contribution is 2.28. The third-order valence-corrected chi connectivity index (χ3v) is 4.63. The van der Waals surface area contributed by atoms with E-state index in [0.29, 0.717) is 12.0 Å². The zero-order valence-electron chi connectivity index (χ0n) is 12.7. The number of hydrogen-bond donors (Lipinski definition) is 0. The van der Waals surface area contributed by atoms with Crippen LogP contribution >= 0.6 is 15.9 Å². The van der Waals surface area contributed by atoms with E-state index in [1.165, 1.54) is 12.8 Å². The van der Waals surface area contributed by atoms with Crippen molar-refractivity contribution in [2.75, 3.05) is 6.54 Å². The summed E-state index contributed by atoms with van der Waals surface area (Å²) in [7, 11) is 0. The van der Waals surface area contributed by atoms with E-state index < -0.39 is 0 Å². The molecule has 0 aromatic heterocycles. The molecular formula is C17H24BrNO. The minimum absolute atomic E-state index is 0.182. The average molecular weight is 338 g/mol. The summed E-state index contributed by atoms with van der Waals surface area (Å²) < 4.78 is 0.903. The minimum Gasteiger partial charge on any atom is -0.335 e. The first-order valence-electron chi connectivity index (χ1n) is 7.56. The van der Waals surface area contributed by atoms with Gasteiger partial charge in [-0.15, -0.1) is 0 Å². The Labute approximate surface area is 130 Å². The van der Waals surface area contributed by atoms with Crippen LogP contribution in [0.1, 0.15) is 55.5 Å². The van der Waals surface area contributed by atoms with Crippen molar-refractivity contribution >= 4 is 21.8 Å². The molecule has 0 N–H and O–H groups in total. The van der Waals surface area contributed by atoms with Crippen molar-refractivity contribution in [1.29, 1.82) is 0 Å². The van der Waals surface area contributed by atoms with Gasteiger partial charge in [0.15, 0.2) is 0 Å². The molecule has 2 nitrogen and oxygen atoms in total. The van der Waals surface area contributed by atoms with Crippen molar-refractivity contribution in [1.82, 2.24) is 4.90 Å². The van der Waals surface area contributed by atoms with Crippen LogP contribution < -0.4 is 0 Å². The quantitative estimate of drug-likeness (QED) is 0.772. The highest BCUT2D eigenvalue weighted by Gasteiger charge is 2.28. The SMILES string of the molecule is Cc1ccc(Br)c(C(=O)N(CC(C)C)C2CCCC2)c1. The van der Waals surface area contributed by atoms with E-state index in [0.717, 1.165) is 35.0 Å². The molecule has 0 bridgehead atoms. The Hall–Kier alpha value is -0.830. The lowest BCUT2D eigenvalue weighted by molar-refractivity contribution is 0.0654. The smallest absolute Gasteiger partial charge is 0.255 e. The molecule has 1 amide bonds. The van der Waals surface area contributed by atoms with Crippen molar-refractivity contribution in [2.24, 2.45) is 5.92 Å². The van der Waals surface area contributed by atoms with E-state index in [-0.39, 0.29) is 5.91 Å². The average Bonchev–Trinajstić information content (AvgIpc) is 2.91. The van der Waals surface area contributed by atoms with Crippen molar-refractivity contribution in [2.45, 2.75) is 52.5 Å². The van der Waals surface area contributed by atoms with Crippen molar-refractivity contribution in [3.63, 3.8) is 0 Å². The van der Waals surface area contributed by atoms with Crippen LogP contribution in [0.3, 0.4) is 0 Å². The van der Waals surface area contributed by atoms with E-state index in [4.69, 9.17) is 0 Å².